The van der Waals surface area contributed by atoms with Crippen molar-refractivity contribution in [2.24, 2.45) is 5.73 Å². The number of aryl methyl sites for hydroxylation is 1. The predicted molar refractivity (Wildman–Crippen MR) is 87.5 cm³/mol. The van der Waals surface area contributed by atoms with Gasteiger partial charge in [-0.2, -0.15) is 0 Å². The van der Waals surface area contributed by atoms with Crippen LogP contribution in [-0.2, 0) is 0 Å². The van der Waals surface area contributed by atoms with Crippen molar-refractivity contribution in [2.45, 2.75) is 19.9 Å². The summed E-state index contributed by atoms with van der Waals surface area (Å²) in [6.07, 6.45) is 0. The molecule has 19 heavy (non-hydrogen) atoms. The van der Waals surface area contributed by atoms with Gasteiger partial charge < -0.3 is 10.5 Å². The van der Waals surface area contributed by atoms with E-state index in [9.17, 15) is 0 Å². The van der Waals surface area contributed by atoms with E-state index in [1.165, 1.54) is 9.13 Å². The Bertz CT molecular complexity index is 551. The molecule has 2 aromatic carbocycles. The third-order valence-electron chi connectivity index (χ3n) is 3.03. The standard InChI is InChI=1S/C16H18INO/c1-3-19-15-9-4-11(2)10-14(15)16(18)12-5-7-13(17)8-6-12/h4-10,16H,3,18H2,1-2H3. The van der Waals surface area contributed by atoms with Crippen molar-refractivity contribution in [3.05, 3.63) is 62.7 Å². The Morgan fingerprint density at radius 1 is 1.16 bits per heavy atom. The van der Waals surface area contributed by atoms with E-state index in [0.29, 0.717) is 6.61 Å². The smallest absolute Gasteiger partial charge is 0.124 e. The fourth-order valence-electron chi connectivity index (χ4n) is 2.05. The first kappa shape index (κ1) is 14.3. The largest absolute Gasteiger partial charge is 0.494 e. The molecule has 0 bridgehead atoms. The first-order valence-electron chi connectivity index (χ1n) is 6.36. The van der Waals surface area contributed by atoms with Gasteiger partial charge in [0.2, 0.25) is 0 Å². The molecule has 0 aliphatic rings. The monoisotopic (exact) mass is 367 g/mol. The van der Waals surface area contributed by atoms with Crippen LogP contribution in [-0.4, -0.2) is 6.61 Å². The van der Waals surface area contributed by atoms with Crippen LogP contribution in [0.1, 0.15) is 29.7 Å². The number of halogens is 1. The van der Waals surface area contributed by atoms with E-state index >= 15 is 0 Å². The van der Waals surface area contributed by atoms with E-state index in [1.54, 1.807) is 0 Å². The van der Waals surface area contributed by atoms with Crippen LogP contribution in [0.5, 0.6) is 5.75 Å². The molecule has 0 aliphatic heterocycles. The van der Waals surface area contributed by atoms with E-state index in [0.717, 1.165) is 16.9 Å². The highest BCUT2D eigenvalue weighted by Crippen LogP contribution is 2.29. The van der Waals surface area contributed by atoms with Crippen LogP contribution < -0.4 is 10.5 Å². The Morgan fingerprint density at radius 2 is 1.84 bits per heavy atom. The van der Waals surface area contributed by atoms with Gasteiger partial charge in [0.15, 0.2) is 0 Å². The first-order chi connectivity index (χ1) is 9.11. The van der Waals surface area contributed by atoms with Crippen molar-refractivity contribution >= 4 is 22.6 Å². The van der Waals surface area contributed by atoms with Gasteiger partial charge in [0.05, 0.1) is 12.6 Å². The SMILES string of the molecule is CCOc1ccc(C)cc1C(N)c1ccc(I)cc1. The van der Waals surface area contributed by atoms with Crippen LogP contribution >= 0.6 is 22.6 Å². The molecule has 2 aromatic rings. The van der Waals surface area contributed by atoms with Crippen molar-refractivity contribution in [3.8, 4) is 5.75 Å². The van der Waals surface area contributed by atoms with Gasteiger partial charge in [-0.3, -0.25) is 0 Å². The maximum atomic E-state index is 6.38. The lowest BCUT2D eigenvalue weighted by Crippen LogP contribution is -2.13. The quantitative estimate of drug-likeness (QED) is 0.828. The van der Waals surface area contributed by atoms with Crippen LogP contribution in [0, 0.1) is 10.5 Å². The van der Waals surface area contributed by atoms with Crippen LogP contribution in [0.2, 0.25) is 0 Å². The zero-order chi connectivity index (χ0) is 13.8. The molecule has 0 fully saturated rings. The maximum absolute atomic E-state index is 6.38. The molecule has 0 amide bonds. The van der Waals surface area contributed by atoms with Gasteiger partial charge in [-0.25, -0.2) is 0 Å². The fraction of sp³-hybridized carbons (Fsp3) is 0.250. The summed E-state index contributed by atoms with van der Waals surface area (Å²) < 4.78 is 6.89. The minimum Gasteiger partial charge on any atom is -0.494 e. The molecule has 3 heteroatoms. The van der Waals surface area contributed by atoms with Crippen LogP contribution in [0.15, 0.2) is 42.5 Å². The molecule has 0 aliphatic carbocycles. The molecule has 0 saturated heterocycles. The first-order valence-corrected chi connectivity index (χ1v) is 7.44. The molecule has 2 nitrogen and oxygen atoms in total. The highest BCUT2D eigenvalue weighted by molar-refractivity contribution is 14.1. The molecular formula is C16H18INO. The molecule has 0 radical (unpaired) electrons. The summed E-state index contributed by atoms with van der Waals surface area (Å²) >= 11 is 2.29. The molecule has 0 saturated carbocycles. The van der Waals surface area contributed by atoms with Crippen LogP contribution in [0.25, 0.3) is 0 Å². The summed E-state index contributed by atoms with van der Waals surface area (Å²) in [5.74, 6) is 0.874. The summed E-state index contributed by atoms with van der Waals surface area (Å²) in [7, 11) is 0. The van der Waals surface area contributed by atoms with E-state index in [2.05, 4.69) is 65.9 Å². The second-order valence-electron chi connectivity index (χ2n) is 4.50. The van der Waals surface area contributed by atoms with Crippen LogP contribution in [0.4, 0.5) is 0 Å². The lowest BCUT2D eigenvalue weighted by atomic mass is 9.97. The van der Waals surface area contributed by atoms with Gasteiger partial charge in [0, 0.05) is 9.13 Å². The summed E-state index contributed by atoms with van der Waals surface area (Å²) in [6.45, 7) is 4.70. The second-order valence-corrected chi connectivity index (χ2v) is 5.75. The van der Waals surface area contributed by atoms with E-state index in [4.69, 9.17) is 10.5 Å². The Morgan fingerprint density at radius 3 is 2.47 bits per heavy atom. The average Bonchev–Trinajstić information content (AvgIpc) is 2.41. The number of nitrogens with two attached hydrogens (primary N) is 1. The molecule has 0 aromatic heterocycles. The molecule has 2 rings (SSSR count). The Balaban J connectivity index is 2.39. The van der Waals surface area contributed by atoms with Gasteiger partial charge in [-0.15, -0.1) is 0 Å². The Hall–Kier alpha value is -1.07. The normalized spacial score (nSPS) is 12.2. The molecule has 0 heterocycles. The van der Waals surface area contributed by atoms with Crippen molar-refractivity contribution in [1.29, 1.82) is 0 Å². The van der Waals surface area contributed by atoms with E-state index in [-0.39, 0.29) is 6.04 Å². The molecular weight excluding hydrogens is 349 g/mol. The number of hydrogen-bond acceptors (Lipinski definition) is 2. The molecule has 1 atom stereocenters. The highest BCUT2D eigenvalue weighted by Gasteiger charge is 2.14. The van der Waals surface area contributed by atoms with Crippen molar-refractivity contribution in [2.75, 3.05) is 6.61 Å². The van der Waals surface area contributed by atoms with Gasteiger partial charge in [0.25, 0.3) is 0 Å². The minimum absolute atomic E-state index is 0.154. The molecule has 0 spiro atoms. The van der Waals surface area contributed by atoms with Gasteiger partial charge >= 0.3 is 0 Å². The number of rotatable bonds is 4. The number of ether oxygens (including phenoxy) is 1. The lowest BCUT2D eigenvalue weighted by Gasteiger charge is -2.18. The highest BCUT2D eigenvalue weighted by atomic mass is 127. The van der Waals surface area contributed by atoms with Crippen molar-refractivity contribution in [1.82, 2.24) is 0 Å². The third kappa shape index (κ3) is 3.48. The maximum Gasteiger partial charge on any atom is 0.124 e. The summed E-state index contributed by atoms with van der Waals surface area (Å²) in [6, 6.07) is 14.3. The summed E-state index contributed by atoms with van der Waals surface area (Å²) in [5.41, 5.74) is 9.73. The number of hydrogen-bond donors (Lipinski definition) is 1. The van der Waals surface area contributed by atoms with Gasteiger partial charge in [-0.05, 0) is 60.2 Å². The van der Waals surface area contributed by atoms with E-state index in [1.807, 2.05) is 13.0 Å². The van der Waals surface area contributed by atoms with Crippen molar-refractivity contribution < 1.29 is 4.74 Å². The van der Waals surface area contributed by atoms with Crippen molar-refractivity contribution in [3.63, 3.8) is 0 Å². The topological polar surface area (TPSA) is 35.2 Å². The summed E-state index contributed by atoms with van der Waals surface area (Å²) in [5, 5.41) is 0. The average molecular weight is 367 g/mol. The van der Waals surface area contributed by atoms with Crippen LogP contribution in [0.3, 0.4) is 0 Å². The Labute approximate surface area is 128 Å². The van der Waals surface area contributed by atoms with Gasteiger partial charge in [-0.1, -0.05) is 29.8 Å². The molecule has 2 N–H and O–H groups in total. The molecule has 1 unspecified atom stereocenters. The number of benzene rings is 2. The zero-order valence-corrected chi connectivity index (χ0v) is 13.3. The lowest BCUT2D eigenvalue weighted by molar-refractivity contribution is 0.335. The third-order valence-corrected chi connectivity index (χ3v) is 3.75. The predicted octanol–water partition coefficient (Wildman–Crippen LogP) is 4.05. The Kier molecular flexibility index (Phi) is 4.82. The fourth-order valence-corrected chi connectivity index (χ4v) is 2.41. The summed E-state index contributed by atoms with van der Waals surface area (Å²) in [4.78, 5) is 0. The van der Waals surface area contributed by atoms with Gasteiger partial charge in [0.1, 0.15) is 5.75 Å². The molecule has 100 valence electrons. The minimum atomic E-state index is -0.154. The van der Waals surface area contributed by atoms with E-state index < -0.39 is 0 Å². The zero-order valence-electron chi connectivity index (χ0n) is 11.2. The second kappa shape index (κ2) is 6.39.